The molecule has 9 nitrogen and oxygen atoms in total. The molecule has 0 radical (unpaired) electrons. The van der Waals surface area contributed by atoms with Crippen molar-refractivity contribution in [2.75, 3.05) is 5.32 Å². The van der Waals surface area contributed by atoms with E-state index in [1.54, 1.807) is 35.0 Å². The Kier molecular flexibility index (Phi) is 5.31. The second-order valence-electron chi connectivity index (χ2n) is 6.48. The molecule has 4 rings (SSSR count). The molecule has 0 aliphatic carbocycles. The summed E-state index contributed by atoms with van der Waals surface area (Å²) < 4.78 is 20.7. The largest absolute Gasteiger partial charge is 0.384 e. The van der Waals surface area contributed by atoms with Crippen LogP contribution in [0.25, 0.3) is 22.9 Å². The van der Waals surface area contributed by atoms with Crippen LogP contribution < -0.4 is 5.32 Å². The highest BCUT2D eigenvalue weighted by Gasteiger charge is 2.17. The van der Waals surface area contributed by atoms with Crippen molar-refractivity contribution in [1.82, 2.24) is 24.9 Å². The Morgan fingerprint density at radius 3 is 2.83 bits per heavy atom. The number of anilines is 1. The lowest BCUT2D eigenvalue weighted by Gasteiger charge is -2.07. The second kappa shape index (κ2) is 8.21. The van der Waals surface area contributed by atoms with Crippen molar-refractivity contribution in [3.63, 3.8) is 0 Å². The molecule has 1 amide bonds. The minimum atomic E-state index is -1.18. The molecule has 0 saturated carbocycles. The van der Waals surface area contributed by atoms with Gasteiger partial charge in [-0.1, -0.05) is 23.4 Å². The summed E-state index contributed by atoms with van der Waals surface area (Å²) in [5, 5.41) is 20.3. The molecule has 152 valence electrons. The van der Waals surface area contributed by atoms with Crippen LogP contribution in [0.2, 0.25) is 0 Å². The number of carbonyl (C=O) groups is 1. The maximum Gasteiger partial charge on any atom is 0.254 e. The number of hydrogen-bond acceptors (Lipinski definition) is 7. The Bertz CT molecular complexity index is 1170. The van der Waals surface area contributed by atoms with Crippen molar-refractivity contribution in [2.45, 2.75) is 19.6 Å². The number of aliphatic hydroxyl groups is 1. The van der Waals surface area contributed by atoms with Gasteiger partial charge in [-0.15, -0.1) is 0 Å². The number of amides is 1. The number of rotatable bonds is 6. The van der Waals surface area contributed by atoms with Crippen molar-refractivity contribution in [1.29, 1.82) is 0 Å². The van der Waals surface area contributed by atoms with Gasteiger partial charge in [-0.25, -0.2) is 14.4 Å². The number of aliphatic hydroxyl groups excluding tert-OH is 1. The molecule has 0 bridgehead atoms. The van der Waals surface area contributed by atoms with E-state index in [-0.39, 0.29) is 24.0 Å². The minimum absolute atomic E-state index is 0.160. The second-order valence-corrected chi connectivity index (χ2v) is 6.48. The zero-order valence-corrected chi connectivity index (χ0v) is 15.9. The van der Waals surface area contributed by atoms with Crippen LogP contribution in [-0.2, 0) is 11.3 Å². The van der Waals surface area contributed by atoms with Gasteiger partial charge < -0.3 is 14.9 Å². The van der Waals surface area contributed by atoms with Crippen LogP contribution >= 0.6 is 0 Å². The van der Waals surface area contributed by atoms with E-state index in [0.717, 1.165) is 0 Å². The molecule has 10 heteroatoms. The monoisotopic (exact) mass is 408 g/mol. The van der Waals surface area contributed by atoms with Crippen LogP contribution in [0, 0.1) is 5.82 Å². The number of hydrogen-bond donors (Lipinski definition) is 2. The first-order valence-corrected chi connectivity index (χ1v) is 9.05. The summed E-state index contributed by atoms with van der Waals surface area (Å²) in [5.74, 6) is -0.472. The molecular formula is C20H17FN6O3. The van der Waals surface area contributed by atoms with E-state index in [9.17, 15) is 14.3 Å². The highest BCUT2D eigenvalue weighted by molar-refractivity contribution is 5.92. The lowest BCUT2D eigenvalue weighted by atomic mass is 10.2. The van der Waals surface area contributed by atoms with Crippen LogP contribution in [0.5, 0.6) is 0 Å². The highest BCUT2D eigenvalue weighted by atomic mass is 19.1. The first-order chi connectivity index (χ1) is 14.5. The van der Waals surface area contributed by atoms with Gasteiger partial charge in [-0.2, -0.15) is 5.10 Å². The molecular weight excluding hydrogens is 391 g/mol. The standard InChI is InChI=1S/C20H17FN6O3/c1-12(28)20(29)24-18-6-8-22-19(23-18)16-10-17(15-7-9-30-26-15)27(25-16)11-13-4-2-3-5-14(13)21/h2-10,12,28H,11H2,1H3,(H,22,23,24,29). The van der Waals surface area contributed by atoms with Gasteiger partial charge in [0.1, 0.15) is 35.4 Å². The number of carbonyl (C=O) groups excluding carboxylic acids is 1. The molecule has 3 aromatic heterocycles. The molecule has 3 heterocycles. The van der Waals surface area contributed by atoms with Crippen LogP contribution in [0.3, 0.4) is 0 Å². The summed E-state index contributed by atoms with van der Waals surface area (Å²) in [6.07, 6.45) is 1.71. The first kappa shape index (κ1) is 19.4. The average molecular weight is 408 g/mol. The fraction of sp³-hybridized carbons (Fsp3) is 0.150. The third kappa shape index (κ3) is 4.08. The van der Waals surface area contributed by atoms with Crippen molar-refractivity contribution in [3.8, 4) is 22.9 Å². The summed E-state index contributed by atoms with van der Waals surface area (Å²) in [4.78, 5) is 20.2. The number of halogens is 1. The van der Waals surface area contributed by atoms with Gasteiger partial charge in [0.2, 0.25) is 0 Å². The predicted molar refractivity (Wildman–Crippen MR) is 105 cm³/mol. The zero-order valence-electron chi connectivity index (χ0n) is 15.9. The molecule has 0 saturated heterocycles. The maximum absolute atomic E-state index is 14.2. The molecule has 0 aliphatic heterocycles. The Morgan fingerprint density at radius 2 is 2.10 bits per heavy atom. The molecule has 1 atom stereocenters. The van der Waals surface area contributed by atoms with Crippen LogP contribution in [0.1, 0.15) is 12.5 Å². The third-order valence-corrected chi connectivity index (χ3v) is 4.27. The minimum Gasteiger partial charge on any atom is -0.384 e. The van der Waals surface area contributed by atoms with E-state index in [4.69, 9.17) is 4.52 Å². The lowest BCUT2D eigenvalue weighted by Crippen LogP contribution is -2.25. The molecule has 1 aromatic carbocycles. The summed E-state index contributed by atoms with van der Waals surface area (Å²) in [6.45, 7) is 1.51. The normalized spacial score (nSPS) is 12.0. The smallest absolute Gasteiger partial charge is 0.254 e. The van der Waals surface area contributed by atoms with E-state index in [1.165, 1.54) is 31.5 Å². The number of nitrogens with zero attached hydrogens (tertiary/aromatic N) is 5. The van der Waals surface area contributed by atoms with Crippen molar-refractivity contribution in [3.05, 3.63) is 66.3 Å². The fourth-order valence-corrected chi connectivity index (χ4v) is 2.77. The zero-order chi connectivity index (χ0) is 21.1. The summed E-state index contributed by atoms with van der Waals surface area (Å²) in [6, 6.07) is 11.3. The molecule has 4 aromatic rings. The summed E-state index contributed by atoms with van der Waals surface area (Å²) >= 11 is 0. The fourth-order valence-electron chi connectivity index (χ4n) is 2.77. The Labute approximate surface area is 170 Å². The highest BCUT2D eigenvalue weighted by Crippen LogP contribution is 2.25. The van der Waals surface area contributed by atoms with Crippen LogP contribution in [-0.4, -0.2) is 42.0 Å². The molecule has 0 fully saturated rings. The van der Waals surface area contributed by atoms with E-state index in [0.29, 0.717) is 22.6 Å². The van der Waals surface area contributed by atoms with Gasteiger partial charge >= 0.3 is 0 Å². The number of aromatic nitrogens is 5. The van der Waals surface area contributed by atoms with Gasteiger partial charge in [0, 0.05) is 17.8 Å². The average Bonchev–Trinajstić information content (AvgIpc) is 3.40. The van der Waals surface area contributed by atoms with Crippen molar-refractivity contribution < 1.29 is 18.8 Å². The number of nitrogens with one attached hydrogen (secondary N) is 1. The maximum atomic E-state index is 14.2. The molecule has 1 unspecified atom stereocenters. The van der Waals surface area contributed by atoms with Crippen LogP contribution in [0.4, 0.5) is 10.2 Å². The SMILES string of the molecule is CC(O)C(=O)Nc1ccnc(-c2cc(-c3ccon3)n(Cc3ccccc3F)n2)n1. The Balaban J connectivity index is 1.71. The van der Waals surface area contributed by atoms with E-state index in [2.05, 4.69) is 25.5 Å². The molecule has 0 spiro atoms. The summed E-state index contributed by atoms with van der Waals surface area (Å²) in [7, 11) is 0. The first-order valence-electron chi connectivity index (χ1n) is 9.05. The van der Waals surface area contributed by atoms with Crippen molar-refractivity contribution >= 4 is 11.7 Å². The van der Waals surface area contributed by atoms with E-state index < -0.39 is 12.0 Å². The van der Waals surface area contributed by atoms with Gasteiger partial charge in [-0.05, 0) is 25.1 Å². The van der Waals surface area contributed by atoms with Gasteiger partial charge in [-0.3, -0.25) is 9.48 Å². The Hall–Kier alpha value is -3.92. The molecule has 0 aliphatic rings. The van der Waals surface area contributed by atoms with Crippen molar-refractivity contribution in [2.24, 2.45) is 0 Å². The van der Waals surface area contributed by atoms with E-state index in [1.807, 2.05) is 0 Å². The quantitative estimate of drug-likeness (QED) is 0.503. The number of benzene rings is 1. The van der Waals surface area contributed by atoms with Gasteiger partial charge in [0.25, 0.3) is 5.91 Å². The predicted octanol–water partition coefficient (Wildman–Crippen LogP) is 2.50. The third-order valence-electron chi connectivity index (χ3n) is 4.27. The molecule has 30 heavy (non-hydrogen) atoms. The van der Waals surface area contributed by atoms with Crippen LogP contribution in [0.15, 0.2) is 59.4 Å². The van der Waals surface area contributed by atoms with Gasteiger partial charge in [0.05, 0.1) is 12.2 Å². The van der Waals surface area contributed by atoms with Gasteiger partial charge in [0.15, 0.2) is 5.82 Å². The van der Waals surface area contributed by atoms with E-state index >= 15 is 0 Å². The summed E-state index contributed by atoms with van der Waals surface area (Å²) in [5.41, 5.74) is 1.96. The molecule has 2 N–H and O–H groups in total. The lowest BCUT2D eigenvalue weighted by molar-refractivity contribution is -0.123. The Morgan fingerprint density at radius 1 is 1.27 bits per heavy atom. The topological polar surface area (TPSA) is 119 Å².